The molecule has 0 atom stereocenters. The lowest BCUT2D eigenvalue weighted by Gasteiger charge is -2.32. The van der Waals surface area contributed by atoms with Gasteiger partial charge in [-0.25, -0.2) is 32.0 Å². The lowest BCUT2D eigenvalue weighted by molar-refractivity contribution is -0.138. The van der Waals surface area contributed by atoms with E-state index in [1.165, 1.54) is 78.3 Å². The number of benzene rings is 4. The summed E-state index contributed by atoms with van der Waals surface area (Å²) in [5, 5.41) is 35.8. The highest BCUT2D eigenvalue weighted by Gasteiger charge is 2.28. The van der Waals surface area contributed by atoms with Crippen LogP contribution < -0.4 is 25.4 Å². The third kappa shape index (κ3) is 17.5. The normalized spacial score (nSPS) is 13.7. The maximum Gasteiger partial charge on any atom is 0.407 e. The fourth-order valence-electron chi connectivity index (χ4n) is 8.58. The van der Waals surface area contributed by atoms with E-state index in [4.69, 9.17) is 35.9 Å². The number of alkyl carbamates (subject to hydrolysis) is 2. The number of nitriles is 1. The number of carboxylic acid groups (broad SMARTS) is 1. The first-order chi connectivity index (χ1) is 38.4. The van der Waals surface area contributed by atoms with Crippen LogP contribution in [0.5, 0.6) is 11.5 Å². The Morgan fingerprint density at radius 3 is 1.54 bits per heavy atom. The zero-order valence-electron chi connectivity index (χ0n) is 46.2. The summed E-state index contributed by atoms with van der Waals surface area (Å²) >= 11 is 0. The molecule has 81 heavy (non-hydrogen) atoms. The molecule has 4 heterocycles. The number of carbonyl (C=O) groups is 4. The number of carbonyl (C=O) groups excluding carboxylic acids is 3. The van der Waals surface area contributed by atoms with Gasteiger partial charge in [0, 0.05) is 59.8 Å². The van der Waals surface area contributed by atoms with Crippen molar-refractivity contribution in [1.29, 1.82) is 5.26 Å². The number of nitrogens with one attached hydrogen (secondary N) is 3. The Bertz CT molecular complexity index is 3310. The van der Waals surface area contributed by atoms with Gasteiger partial charge in [0.15, 0.2) is 23.1 Å². The molecule has 3 amide bonds. The minimum absolute atomic E-state index is 0.0608. The number of methoxy groups -OCH3 is 2. The second-order valence-corrected chi connectivity index (χ2v) is 20.8. The van der Waals surface area contributed by atoms with Crippen LogP contribution in [0.1, 0.15) is 72.8 Å². The Kier molecular flexibility index (Phi) is 20.6. The maximum atomic E-state index is 14.5. The molecule has 0 bridgehead atoms. The Morgan fingerprint density at radius 1 is 0.679 bits per heavy atom. The number of likely N-dealkylation sites (tertiary alicyclic amines) is 1. The number of halogens is 4. The number of amides is 3. The van der Waals surface area contributed by atoms with Crippen LogP contribution in [0.2, 0.25) is 0 Å². The van der Waals surface area contributed by atoms with Crippen LogP contribution in [-0.2, 0) is 32.2 Å². The molecule has 0 radical (unpaired) electrons. The first kappa shape index (κ1) is 61.3. The van der Waals surface area contributed by atoms with E-state index in [0.29, 0.717) is 65.0 Å². The third-order valence-corrected chi connectivity index (χ3v) is 12.4. The highest BCUT2D eigenvalue weighted by Crippen LogP contribution is 2.36. The zero-order valence-corrected chi connectivity index (χ0v) is 46.2. The van der Waals surface area contributed by atoms with E-state index >= 15 is 0 Å². The molecule has 428 valence electrons. The summed E-state index contributed by atoms with van der Waals surface area (Å²) in [6.07, 6.45) is 5.41. The Morgan fingerprint density at radius 2 is 1.12 bits per heavy atom. The molecular weight excluding hydrogens is 1060 g/mol. The molecule has 19 nitrogen and oxygen atoms in total. The minimum Gasteiger partial charge on any atom is -0.494 e. The molecule has 2 aromatic heterocycles. The first-order valence-electron chi connectivity index (χ1n) is 25.8. The predicted molar refractivity (Wildman–Crippen MR) is 292 cm³/mol. The largest absolute Gasteiger partial charge is 0.494 e. The SMILES string of the molecule is CC(C)(C)OC(=O)NC1CCNCC1.COc1ccc(-c2cn(CC(=O)N3CCC(NC(=O)OC(C)(C)C)CC3)nc2-c2ccc(C#N)c(F)c2)cc1F.[C-]#[N+]c1ccc(-c2nn(CC(=O)O)cc2-c2ccc(OC)c(F)c2)cc1F. The first-order valence-corrected chi connectivity index (χ1v) is 25.8. The van der Waals surface area contributed by atoms with Crippen LogP contribution in [0.3, 0.4) is 0 Å². The smallest absolute Gasteiger partial charge is 0.407 e. The van der Waals surface area contributed by atoms with Gasteiger partial charge in [-0.2, -0.15) is 15.5 Å². The fourth-order valence-corrected chi connectivity index (χ4v) is 8.58. The van der Waals surface area contributed by atoms with Crippen LogP contribution in [0.25, 0.3) is 49.6 Å². The quantitative estimate of drug-likeness (QED) is 0.0661. The van der Waals surface area contributed by atoms with Gasteiger partial charge in [0.1, 0.15) is 53.4 Å². The monoisotopic (exact) mass is 1120 g/mol. The molecule has 8 rings (SSSR count). The molecule has 0 spiro atoms. The molecule has 2 saturated heterocycles. The standard InChI is InChI=1S/C29H31F2N5O4.C19H13F2N3O3.C10H20N2O2/c1-29(2,3)40-28(38)33-21-9-11-35(12-10-21)26(37)17-36-16-22(18-7-8-25(39-4)24(31)13-18)27(34-36)19-5-6-20(15-32)23(30)14-19;1-22-16-5-3-12(8-14(16)20)19-13(9-24(23-19)10-18(25)26)11-4-6-17(27-2)15(21)7-11;1-10(2,3)14-9(13)12-8-4-6-11-7-5-8/h5-8,13-14,16,21H,9-12,17H2,1-4H3,(H,33,38);3-9H,10H2,2H3,(H,25,26);8,11H,4-7H2,1-3H3,(H,12,13). The van der Waals surface area contributed by atoms with E-state index in [2.05, 4.69) is 31.0 Å². The molecular formula is C58H64F4N10O9. The number of aromatic nitrogens is 4. The van der Waals surface area contributed by atoms with Crippen molar-refractivity contribution in [3.05, 3.63) is 125 Å². The van der Waals surface area contributed by atoms with E-state index in [0.717, 1.165) is 32.0 Å². The molecule has 23 heteroatoms. The van der Waals surface area contributed by atoms with Crippen LogP contribution in [-0.4, -0.2) is 117 Å². The van der Waals surface area contributed by atoms with Crippen molar-refractivity contribution in [1.82, 2.24) is 40.4 Å². The van der Waals surface area contributed by atoms with E-state index < -0.39 is 53.1 Å². The summed E-state index contributed by atoms with van der Waals surface area (Å²) in [6.45, 7) is 20.3. The number of hydrogen-bond acceptors (Lipinski definition) is 12. The number of carboxylic acids is 1. The highest BCUT2D eigenvalue weighted by atomic mass is 19.1. The summed E-state index contributed by atoms with van der Waals surface area (Å²) in [5.74, 6) is -3.76. The van der Waals surface area contributed by atoms with Crippen LogP contribution in [0.15, 0.2) is 85.2 Å². The summed E-state index contributed by atoms with van der Waals surface area (Å²) < 4.78 is 80.1. The lowest BCUT2D eigenvalue weighted by atomic mass is 10.0. The second kappa shape index (κ2) is 27.3. The van der Waals surface area contributed by atoms with Crippen molar-refractivity contribution < 1.29 is 60.8 Å². The molecule has 4 N–H and O–H groups in total. The molecule has 0 aliphatic carbocycles. The number of hydrogen-bond donors (Lipinski definition) is 4. The van der Waals surface area contributed by atoms with Gasteiger partial charge in [-0.3, -0.25) is 19.0 Å². The van der Waals surface area contributed by atoms with Crippen molar-refractivity contribution >= 4 is 29.8 Å². The number of ether oxygens (including phenoxy) is 4. The number of nitrogens with zero attached hydrogens (tertiary/aromatic N) is 7. The Labute approximate surface area is 466 Å². The van der Waals surface area contributed by atoms with E-state index in [1.807, 2.05) is 20.8 Å². The Balaban J connectivity index is 0.000000221. The van der Waals surface area contributed by atoms with Crippen molar-refractivity contribution in [3.63, 3.8) is 0 Å². The second-order valence-electron chi connectivity index (χ2n) is 20.8. The van der Waals surface area contributed by atoms with E-state index in [9.17, 15) is 36.7 Å². The van der Waals surface area contributed by atoms with Gasteiger partial charge in [0.25, 0.3) is 0 Å². The van der Waals surface area contributed by atoms with Gasteiger partial charge in [-0.05, 0) is 134 Å². The topological polar surface area (TPSA) is 229 Å². The molecule has 2 aliphatic rings. The minimum atomic E-state index is -1.11. The molecule has 2 aliphatic heterocycles. The van der Waals surface area contributed by atoms with Crippen LogP contribution in [0, 0.1) is 41.2 Å². The van der Waals surface area contributed by atoms with Crippen molar-refractivity contribution in [2.24, 2.45) is 0 Å². The van der Waals surface area contributed by atoms with Gasteiger partial charge < -0.3 is 44.9 Å². The van der Waals surface area contributed by atoms with Crippen molar-refractivity contribution in [2.45, 2.75) is 104 Å². The fraction of sp³-hybridized carbons (Fsp3) is 0.379. The van der Waals surface area contributed by atoms with Gasteiger partial charge in [0.2, 0.25) is 11.6 Å². The summed E-state index contributed by atoms with van der Waals surface area (Å²) in [6, 6.07) is 18.7. The zero-order chi connectivity index (χ0) is 59.2. The van der Waals surface area contributed by atoms with Crippen LogP contribution in [0.4, 0.5) is 32.8 Å². The summed E-state index contributed by atoms with van der Waals surface area (Å²) in [7, 11) is 2.71. The number of aliphatic carboxylic acids is 1. The van der Waals surface area contributed by atoms with Gasteiger partial charge in [0.05, 0.1) is 26.4 Å². The molecule has 0 saturated carbocycles. The van der Waals surface area contributed by atoms with Crippen LogP contribution >= 0.6 is 0 Å². The van der Waals surface area contributed by atoms with E-state index in [1.54, 1.807) is 56.1 Å². The van der Waals surface area contributed by atoms with Gasteiger partial charge in [-0.15, -0.1) is 0 Å². The highest BCUT2D eigenvalue weighted by molar-refractivity contribution is 5.83. The maximum absolute atomic E-state index is 14.5. The summed E-state index contributed by atoms with van der Waals surface area (Å²) in [5.41, 5.74) is 1.88. The molecule has 0 unspecified atom stereocenters. The lowest BCUT2D eigenvalue weighted by Crippen LogP contribution is -2.48. The van der Waals surface area contributed by atoms with Gasteiger partial charge >= 0.3 is 18.2 Å². The molecule has 6 aromatic rings. The molecule has 4 aromatic carbocycles. The third-order valence-electron chi connectivity index (χ3n) is 12.4. The number of piperidine rings is 2. The van der Waals surface area contributed by atoms with E-state index in [-0.39, 0.29) is 59.1 Å². The van der Waals surface area contributed by atoms with Gasteiger partial charge in [-0.1, -0.05) is 30.3 Å². The van der Waals surface area contributed by atoms with Crippen molar-refractivity contribution in [3.8, 4) is 62.3 Å². The number of rotatable bonds is 12. The average Bonchev–Trinajstić information content (AvgIpc) is 4.03. The Hall–Kier alpha value is -8.96. The molecule has 2 fully saturated rings. The van der Waals surface area contributed by atoms with Crippen molar-refractivity contribution in [2.75, 3.05) is 40.4 Å². The summed E-state index contributed by atoms with van der Waals surface area (Å²) in [4.78, 5) is 52.3. The average molecular weight is 1120 g/mol. The predicted octanol–water partition coefficient (Wildman–Crippen LogP) is 10.3.